The van der Waals surface area contributed by atoms with Gasteiger partial charge in [-0.05, 0) is 41.7 Å². The lowest BCUT2D eigenvalue weighted by Gasteiger charge is -2.31. The molecule has 0 bridgehead atoms. The van der Waals surface area contributed by atoms with E-state index in [9.17, 15) is 9.36 Å². The highest BCUT2D eigenvalue weighted by Gasteiger charge is 2.31. The Labute approximate surface area is 229 Å². The number of rotatable bonds is 12. The van der Waals surface area contributed by atoms with Gasteiger partial charge in [-0.1, -0.05) is 114 Å². The molecule has 0 aromatic heterocycles. The lowest BCUT2D eigenvalue weighted by Crippen LogP contribution is -2.34. The lowest BCUT2D eigenvalue weighted by atomic mass is 9.75. The number of nitrogens with one attached hydrogen (secondary N) is 1. The summed E-state index contributed by atoms with van der Waals surface area (Å²) in [4.78, 5) is 13.0. The van der Waals surface area contributed by atoms with Crippen LogP contribution in [0.2, 0.25) is 0 Å². The number of hydrogen-bond donors (Lipinski definition) is 1. The smallest absolute Gasteiger partial charge is 0.228 e. The summed E-state index contributed by atoms with van der Waals surface area (Å²) in [5.41, 5.74) is 3.69. The number of benzene rings is 3. The minimum absolute atomic E-state index is 0.0405. The zero-order valence-corrected chi connectivity index (χ0v) is 25.0. The van der Waals surface area contributed by atoms with Gasteiger partial charge in [0.25, 0.3) is 0 Å². The molecule has 4 nitrogen and oxygen atoms in total. The van der Waals surface area contributed by atoms with Crippen LogP contribution in [0.25, 0.3) is 0 Å². The molecule has 0 aliphatic rings. The van der Waals surface area contributed by atoms with Gasteiger partial charge in [-0.15, -0.1) is 0 Å². The highest BCUT2D eigenvalue weighted by molar-refractivity contribution is 7.79. The van der Waals surface area contributed by atoms with Crippen molar-refractivity contribution in [2.75, 3.05) is 19.3 Å². The number of aryl methyl sites for hydroxylation is 1. The second kappa shape index (κ2) is 12.3. The van der Waals surface area contributed by atoms with E-state index in [4.69, 9.17) is 4.74 Å². The Kier molecular flexibility index (Phi) is 9.65. The number of ether oxygens (including phenoxy) is 1. The molecular formula is C33H44NO3P. The fourth-order valence-corrected chi connectivity index (χ4v) is 7.01. The first kappa shape index (κ1) is 29.7. The summed E-state index contributed by atoms with van der Waals surface area (Å²) in [5, 5.41) is 4.33. The molecule has 0 spiro atoms. The highest BCUT2D eigenvalue weighted by Crippen LogP contribution is 2.43. The molecule has 0 aliphatic carbocycles. The van der Waals surface area contributed by atoms with Gasteiger partial charge < -0.3 is 14.6 Å². The van der Waals surface area contributed by atoms with Crippen molar-refractivity contribution in [3.8, 4) is 5.75 Å². The minimum Gasteiger partial charge on any atom is -0.491 e. The van der Waals surface area contributed by atoms with E-state index in [1.165, 1.54) is 11.1 Å². The summed E-state index contributed by atoms with van der Waals surface area (Å²) in [6.45, 7) is 16.3. The standard InChI is InChI=1S/C33H44NO3P/c1-8-32(4,5)26-22-25(3)31(29(23-26)33(6,7)9-2)37-21-20-34-30(35)24-38(36,27-16-12-10-13-17-27)28-18-14-11-15-19-28/h10-19,22-23H,8-9,20-21,24H2,1-7H3,(H,34,35). The van der Waals surface area contributed by atoms with Gasteiger partial charge >= 0.3 is 0 Å². The van der Waals surface area contributed by atoms with Crippen molar-refractivity contribution in [2.24, 2.45) is 0 Å². The Morgan fingerprint density at radius 2 is 1.37 bits per heavy atom. The first-order chi connectivity index (χ1) is 17.9. The molecule has 0 saturated carbocycles. The molecule has 38 heavy (non-hydrogen) atoms. The van der Waals surface area contributed by atoms with Crippen LogP contribution in [0.15, 0.2) is 72.8 Å². The average Bonchev–Trinajstić information content (AvgIpc) is 2.92. The Balaban J connectivity index is 1.74. The molecule has 1 N–H and O–H groups in total. The third-order valence-corrected chi connectivity index (χ3v) is 10.9. The van der Waals surface area contributed by atoms with Gasteiger partial charge in [0.1, 0.15) is 12.4 Å². The van der Waals surface area contributed by atoms with Crippen molar-refractivity contribution < 1.29 is 14.1 Å². The van der Waals surface area contributed by atoms with Crippen LogP contribution < -0.4 is 20.7 Å². The zero-order chi connectivity index (χ0) is 28.0. The molecule has 3 aromatic carbocycles. The average molecular weight is 534 g/mol. The number of hydrogen-bond acceptors (Lipinski definition) is 3. The maximum atomic E-state index is 14.2. The molecule has 0 unspecified atom stereocenters. The number of amides is 1. The van der Waals surface area contributed by atoms with Crippen molar-refractivity contribution in [3.63, 3.8) is 0 Å². The SMILES string of the molecule is CCC(C)(C)c1cc(C)c(OCCNC(=O)CP(=O)(c2ccccc2)c2ccccc2)c(C(C)(C)CC)c1. The summed E-state index contributed by atoms with van der Waals surface area (Å²) in [6.07, 6.45) is 1.97. The maximum Gasteiger partial charge on any atom is 0.228 e. The normalized spacial score (nSPS) is 12.3. The van der Waals surface area contributed by atoms with Crippen molar-refractivity contribution in [1.29, 1.82) is 0 Å². The minimum atomic E-state index is -3.11. The monoisotopic (exact) mass is 533 g/mol. The van der Waals surface area contributed by atoms with Crippen LogP contribution >= 0.6 is 7.14 Å². The van der Waals surface area contributed by atoms with Gasteiger partial charge in [-0.25, -0.2) is 0 Å². The highest BCUT2D eigenvalue weighted by atomic mass is 31.2. The third kappa shape index (κ3) is 6.77. The zero-order valence-electron chi connectivity index (χ0n) is 24.1. The molecule has 3 rings (SSSR count). The lowest BCUT2D eigenvalue weighted by molar-refractivity contribution is -0.118. The second-order valence-electron chi connectivity index (χ2n) is 11.4. The van der Waals surface area contributed by atoms with Crippen LogP contribution in [0.3, 0.4) is 0 Å². The van der Waals surface area contributed by atoms with Gasteiger partial charge in [0.05, 0.1) is 12.7 Å². The van der Waals surface area contributed by atoms with Gasteiger partial charge in [0.2, 0.25) is 5.91 Å². The fourth-order valence-electron chi connectivity index (χ4n) is 4.52. The van der Waals surface area contributed by atoms with E-state index in [0.29, 0.717) is 23.8 Å². The Morgan fingerprint density at radius 3 is 1.87 bits per heavy atom. The predicted molar refractivity (Wildman–Crippen MR) is 161 cm³/mol. The molecule has 0 saturated heterocycles. The van der Waals surface area contributed by atoms with Crippen LogP contribution in [-0.4, -0.2) is 25.2 Å². The fraction of sp³-hybridized carbons (Fsp3) is 0.424. The van der Waals surface area contributed by atoms with Crippen molar-refractivity contribution in [2.45, 2.75) is 72.1 Å². The van der Waals surface area contributed by atoms with E-state index in [2.05, 4.69) is 65.9 Å². The molecule has 0 aliphatic heterocycles. The van der Waals surface area contributed by atoms with E-state index in [0.717, 1.165) is 24.2 Å². The Hall–Kier alpha value is -2.84. The molecule has 5 heteroatoms. The van der Waals surface area contributed by atoms with E-state index in [1.54, 1.807) is 0 Å². The quantitative estimate of drug-likeness (QED) is 0.204. The van der Waals surface area contributed by atoms with E-state index < -0.39 is 7.14 Å². The Morgan fingerprint density at radius 1 is 0.842 bits per heavy atom. The van der Waals surface area contributed by atoms with Crippen molar-refractivity contribution in [1.82, 2.24) is 5.32 Å². The van der Waals surface area contributed by atoms with E-state index in [-0.39, 0.29) is 22.9 Å². The largest absolute Gasteiger partial charge is 0.491 e. The van der Waals surface area contributed by atoms with E-state index in [1.807, 2.05) is 60.7 Å². The summed E-state index contributed by atoms with van der Waals surface area (Å²) < 4.78 is 20.5. The van der Waals surface area contributed by atoms with Crippen LogP contribution in [0, 0.1) is 6.92 Å². The number of carbonyl (C=O) groups is 1. The molecular weight excluding hydrogens is 489 g/mol. The molecule has 204 valence electrons. The topological polar surface area (TPSA) is 55.4 Å². The van der Waals surface area contributed by atoms with Gasteiger partial charge in [0.15, 0.2) is 7.14 Å². The summed E-state index contributed by atoms with van der Waals surface area (Å²) >= 11 is 0. The molecule has 0 atom stereocenters. The van der Waals surface area contributed by atoms with Crippen LogP contribution in [0.5, 0.6) is 5.75 Å². The van der Waals surface area contributed by atoms with Crippen LogP contribution in [0.4, 0.5) is 0 Å². The maximum absolute atomic E-state index is 14.2. The van der Waals surface area contributed by atoms with Gasteiger partial charge in [-0.3, -0.25) is 4.79 Å². The molecule has 0 fully saturated rings. The van der Waals surface area contributed by atoms with Gasteiger partial charge in [0, 0.05) is 16.2 Å². The molecule has 1 amide bonds. The summed E-state index contributed by atoms with van der Waals surface area (Å²) in [5.74, 6) is 0.663. The van der Waals surface area contributed by atoms with Crippen LogP contribution in [-0.2, 0) is 20.2 Å². The Bertz CT molecular complexity index is 1220. The van der Waals surface area contributed by atoms with E-state index >= 15 is 0 Å². The van der Waals surface area contributed by atoms with Gasteiger partial charge in [-0.2, -0.15) is 0 Å². The second-order valence-corrected chi connectivity index (χ2v) is 14.2. The summed E-state index contributed by atoms with van der Waals surface area (Å²) in [7, 11) is -3.11. The third-order valence-electron chi connectivity index (χ3n) is 7.94. The van der Waals surface area contributed by atoms with Crippen LogP contribution in [0.1, 0.15) is 71.1 Å². The first-order valence-electron chi connectivity index (χ1n) is 13.7. The molecule has 3 aromatic rings. The number of carbonyl (C=O) groups excluding carboxylic acids is 1. The predicted octanol–water partition coefficient (Wildman–Crippen LogP) is 6.88. The first-order valence-corrected chi connectivity index (χ1v) is 15.6. The van der Waals surface area contributed by atoms with Crippen molar-refractivity contribution >= 4 is 23.7 Å². The molecule has 0 heterocycles. The van der Waals surface area contributed by atoms with Crippen molar-refractivity contribution in [3.05, 3.63) is 89.5 Å². The molecule has 0 radical (unpaired) electrons. The summed E-state index contributed by atoms with van der Waals surface area (Å²) in [6, 6.07) is 23.1.